The van der Waals surface area contributed by atoms with E-state index in [2.05, 4.69) is 38.0 Å². The number of hydrogen-bond donors (Lipinski definition) is 1. The van der Waals surface area contributed by atoms with Crippen molar-refractivity contribution in [3.63, 3.8) is 0 Å². The summed E-state index contributed by atoms with van der Waals surface area (Å²) < 4.78 is 5.37. The summed E-state index contributed by atoms with van der Waals surface area (Å²) in [5.74, 6) is 0.592. The van der Waals surface area contributed by atoms with Crippen molar-refractivity contribution in [1.29, 1.82) is 0 Å². The summed E-state index contributed by atoms with van der Waals surface area (Å²) in [4.78, 5) is 15.0. The first-order chi connectivity index (χ1) is 9.89. The van der Waals surface area contributed by atoms with Crippen LogP contribution in [0.15, 0.2) is 0 Å². The normalized spacial score (nSPS) is 30.9. The predicted octanol–water partition coefficient (Wildman–Crippen LogP) is 2.57. The molecule has 122 valence electrons. The van der Waals surface area contributed by atoms with Crippen LogP contribution in [0.4, 0.5) is 0 Å². The molecule has 2 fully saturated rings. The third kappa shape index (κ3) is 3.78. The van der Waals surface area contributed by atoms with Crippen molar-refractivity contribution in [2.24, 2.45) is 5.92 Å². The second-order valence-electron chi connectivity index (χ2n) is 7.27. The van der Waals surface area contributed by atoms with Gasteiger partial charge in [0.05, 0.1) is 6.61 Å². The van der Waals surface area contributed by atoms with Gasteiger partial charge >= 0.3 is 5.97 Å². The quantitative estimate of drug-likeness (QED) is 0.733. The molecule has 0 heterocycles. The number of esters is 1. The maximum Gasteiger partial charge on any atom is 0.326 e. The molecule has 2 aliphatic rings. The van der Waals surface area contributed by atoms with E-state index in [0.717, 1.165) is 19.3 Å². The van der Waals surface area contributed by atoms with E-state index in [9.17, 15) is 4.79 Å². The van der Waals surface area contributed by atoms with Gasteiger partial charge in [0.2, 0.25) is 0 Å². The van der Waals surface area contributed by atoms with Crippen LogP contribution in [0.2, 0.25) is 0 Å². The highest BCUT2D eigenvalue weighted by atomic mass is 16.5. The van der Waals surface area contributed by atoms with E-state index in [1.807, 2.05) is 6.92 Å². The fourth-order valence-corrected chi connectivity index (χ4v) is 3.43. The van der Waals surface area contributed by atoms with Crippen molar-refractivity contribution >= 4 is 5.97 Å². The molecular weight excluding hydrogens is 264 g/mol. The van der Waals surface area contributed by atoms with Gasteiger partial charge in [-0.25, -0.2) is 0 Å². The van der Waals surface area contributed by atoms with Gasteiger partial charge in [-0.15, -0.1) is 0 Å². The van der Waals surface area contributed by atoms with E-state index in [4.69, 9.17) is 4.74 Å². The molecular formula is C17H32N2O2. The number of nitrogens with zero attached hydrogens (tertiary/aromatic N) is 1. The Bertz CT molecular complexity index is 368. The van der Waals surface area contributed by atoms with Crippen molar-refractivity contribution in [3.8, 4) is 0 Å². The average molecular weight is 296 g/mol. The van der Waals surface area contributed by atoms with E-state index in [1.54, 1.807) is 0 Å². The molecule has 0 amide bonds. The monoisotopic (exact) mass is 296 g/mol. The van der Waals surface area contributed by atoms with E-state index in [-0.39, 0.29) is 5.97 Å². The van der Waals surface area contributed by atoms with Gasteiger partial charge in [0.25, 0.3) is 0 Å². The molecule has 1 N–H and O–H groups in total. The Morgan fingerprint density at radius 3 is 2.52 bits per heavy atom. The number of nitrogens with one attached hydrogen (secondary N) is 1. The zero-order valence-electron chi connectivity index (χ0n) is 14.3. The standard InChI is InChI=1S/C17H32N2O2/c1-6-21-16(20)17(18-14-7-8-14)10-9-15(11-17)19(5)13(4)12(2)3/h12-15,18H,6-11H2,1-5H3. The number of ether oxygens (including phenoxy) is 1. The summed E-state index contributed by atoms with van der Waals surface area (Å²) in [6.07, 6.45) is 5.26. The van der Waals surface area contributed by atoms with Crippen LogP contribution in [0.1, 0.15) is 59.8 Å². The summed E-state index contributed by atoms with van der Waals surface area (Å²) in [5.41, 5.74) is -0.438. The SMILES string of the molecule is CCOC(=O)C1(NC2CC2)CCC(N(C)C(C)C(C)C)C1. The van der Waals surface area contributed by atoms with E-state index < -0.39 is 5.54 Å². The smallest absolute Gasteiger partial charge is 0.326 e. The number of carbonyl (C=O) groups is 1. The van der Waals surface area contributed by atoms with Gasteiger partial charge in [-0.3, -0.25) is 10.1 Å². The summed E-state index contributed by atoms with van der Waals surface area (Å²) in [6.45, 7) is 9.16. The minimum atomic E-state index is -0.438. The van der Waals surface area contributed by atoms with Gasteiger partial charge in [-0.1, -0.05) is 13.8 Å². The largest absolute Gasteiger partial charge is 0.465 e. The first kappa shape index (κ1) is 16.8. The zero-order valence-corrected chi connectivity index (χ0v) is 14.3. The molecule has 2 saturated carbocycles. The van der Waals surface area contributed by atoms with Gasteiger partial charge in [0, 0.05) is 18.1 Å². The lowest BCUT2D eigenvalue weighted by atomic mass is 9.96. The van der Waals surface area contributed by atoms with Crippen LogP contribution < -0.4 is 5.32 Å². The fourth-order valence-electron chi connectivity index (χ4n) is 3.43. The maximum absolute atomic E-state index is 12.5. The van der Waals surface area contributed by atoms with Crippen LogP contribution in [-0.4, -0.2) is 48.2 Å². The molecule has 4 heteroatoms. The topological polar surface area (TPSA) is 41.6 Å². The van der Waals surface area contributed by atoms with E-state index in [1.165, 1.54) is 12.8 Å². The van der Waals surface area contributed by atoms with Gasteiger partial charge in [0.15, 0.2) is 0 Å². The van der Waals surface area contributed by atoms with Crippen LogP contribution in [0.25, 0.3) is 0 Å². The number of hydrogen-bond acceptors (Lipinski definition) is 4. The van der Waals surface area contributed by atoms with Crippen molar-refractivity contribution in [2.75, 3.05) is 13.7 Å². The Kier molecular flexibility index (Phi) is 5.31. The average Bonchev–Trinajstić information content (AvgIpc) is 3.14. The summed E-state index contributed by atoms with van der Waals surface area (Å²) in [5, 5.41) is 3.60. The highest BCUT2D eigenvalue weighted by molar-refractivity contribution is 5.81. The molecule has 0 aliphatic heterocycles. The molecule has 0 radical (unpaired) electrons. The van der Waals surface area contributed by atoms with Crippen molar-refractivity contribution < 1.29 is 9.53 Å². The van der Waals surface area contributed by atoms with Gasteiger partial charge in [0.1, 0.15) is 5.54 Å². The van der Waals surface area contributed by atoms with Crippen LogP contribution in [-0.2, 0) is 9.53 Å². The van der Waals surface area contributed by atoms with Crippen LogP contribution in [0.3, 0.4) is 0 Å². The lowest BCUT2D eigenvalue weighted by Crippen LogP contribution is -2.53. The molecule has 3 unspecified atom stereocenters. The first-order valence-electron chi connectivity index (χ1n) is 8.56. The highest BCUT2D eigenvalue weighted by Gasteiger charge is 2.50. The Labute approximate surface area is 129 Å². The molecule has 0 aromatic rings. The molecule has 21 heavy (non-hydrogen) atoms. The van der Waals surface area contributed by atoms with Crippen LogP contribution in [0, 0.1) is 5.92 Å². The third-order valence-corrected chi connectivity index (χ3v) is 5.40. The summed E-state index contributed by atoms with van der Waals surface area (Å²) >= 11 is 0. The lowest BCUT2D eigenvalue weighted by Gasteiger charge is -2.35. The first-order valence-corrected chi connectivity index (χ1v) is 8.56. The second kappa shape index (κ2) is 6.66. The van der Waals surface area contributed by atoms with Crippen molar-refractivity contribution in [2.45, 2.75) is 83.5 Å². The molecule has 2 rings (SSSR count). The summed E-state index contributed by atoms with van der Waals surface area (Å²) in [6, 6.07) is 1.54. The van der Waals surface area contributed by atoms with E-state index in [0.29, 0.717) is 30.7 Å². The third-order valence-electron chi connectivity index (χ3n) is 5.40. The Balaban J connectivity index is 2.05. The predicted molar refractivity (Wildman–Crippen MR) is 85.2 cm³/mol. The Morgan fingerprint density at radius 1 is 1.33 bits per heavy atom. The molecule has 0 aromatic heterocycles. The summed E-state index contributed by atoms with van der Waals surface area (Å²) in [7, 11) is 2.20. The lowest BCUT2D eigenvalue weighted by molar-refractivity contribution is -0.151. The molecule has 0 spiro atoms. The van der Waals surface area contributed by atoms with Crippen molar-refractivity contribution in [3.05, 3.63) is 0 Å². The van der Waals surface area contributed by atoms with Gasteiger partial charge in [-0.2, -0.15) is 0 Å². The Morgan fingerprint density at radius 2 is 2.00 bits per heavy atom. The van der Waals surface area contributed by atoms with Crippen LogP contribution in [0.5, 0.6) is 0 Å². The van der Waals surface area contributed by atoms with Crippen molar-refractivity contribution in [1.82, 2.24) is 10.2 Å². The van der Waals surface area contributed by atoms with Crippen LogP contribution >= 0.6 is 0 Å². The zero-order chi connectivity index (χ0) is 15.6. The maximum atomic E-state index is 12.5. The molecule has 3 atom stereocenters. The molecule has 0 saturated heterocycles. The highest BCUT2D eigenvalue weighted by Crippen LogP contribution is 2.38. The van der Waals surface area contributed by atoms with E-state index >= 15 is 0 Å². The Hall–Kier alpha value is -0.610. The minimum Gasteiger partial charge on any atom is -0.465 e. The molecule has 2 aliphatic carbocycles. The number of carbonyl (C=O) groups excluding carboxylic acids is 1. The molecule has 4 nitrogen and oxygen atoms in total. The second-order valence-corrected chi connectivity index (χ2v) is 7.27. The van der Waals surface area contributed by atoms with Gasteiger partial charge < -0.3 is 9.64 Å². The van der Waals surface area contributed by atoms with Gasteiger partial charge in [-0.05, 0) is 58.9 Å². The number of rotatable bonds is 7. The fraction of sp³-hybridized carbons (Fsp3) is 0.941. The minimum absolute atomic E-state index is 0.0370. The molecule has 0 bridgehead atoms. The molecule has 0 aromatic carbocycles.